The molecule has 3 nitrogen and oxygen atoms in total. The third-order valence-corrected chi connectivity index (χ3v) is 5.69. The summed E-state index contributed by atoms with van der Waals surface area (Å²) in [5, 5.41) is -6.11. The first-order valence-corrected chi connectivity index (χ1v) is 9.38. The van der Waals surface area contributed by atoms with Crippen LogP contribution in [0.4, 0.5) is 26.3 Å². The molecule has 0 heterocycles. The summed E-state index contributed by atoms with van der Waals surface area (Å²) < 4.78 is 106. The molecule has 1 fully saturated rings. The summed E-state index contributed by atoms with van der Waals surface area (Å²) in [5.41, 5.74) is 0.839. The van der Waals surface area contributed by atoms with Gasteiger partial charge < -0.3 is 4.18 Å². The summed E-state index contributed by atoms with van der Waals surface area (Å²) in [6.07, 6.45) is 5.03. The van der Waals surface area contributed by atoms with Crippen LogP contribution in [0, 0.1) is 0 Å². The molecular weight excluding hydrogens is 386 g/mol. The molecule has 0 bridgehead atoms. The maximum absolute atomic E-state index is 13.6. The summed E-state index contributed by atoms with van der Waals surface area (Å²) in [6.45, 7) is -0.491. The maximum atomic E-state index is 13.6. The lowest BCUT2D eigenvalue weighted by Gasteiger charge is -2.29. The zero-order chi connectivity index (χ0) is 19.8. The first-order chi connectivity index (χ1) is 11.8. The van der Waals surface area contributed by atoms with Crippen LogP contribution in [-0.2, 0) is 10.1 Å². The molecule has 1 aromatic carbocycles. The van der Waals surface area contributed by atoms with Crippen molar-refractivity contribution in [1.82, 2.24) is 0 Å². The van der Waals surface area contributed by atoms with Crippen LogP contribution >= 0.6 is 0 Å². The van der Waals surface area contributed by atoms with Crippen LogP contribution in [-0.4, -0.2) is 25.5 Å². The summed E-state index contributed by atoms with van der Waals surface area (Å²) >= 11 is 0. The van der Waals surface area contributed by atoms with Gasteiger partial charge in [0.2, 0.25) is 0 Å². The van der Waals surface area contributed by atoms with Gasteiger partial charge in [0, 0.05) is 6.92 Å². The number of halogens is 6. The number of rotatable bonds is 6. The van der Waals surface area contributed by atoms with E-state index in [-0.39, 0.29) is 5.92 Å². The molecule has 0 atom stereocenters. The lowest BCUT2D eigenvalue weighted by Crippen LogP contribution is -2.57. The van der Waals surface area contributed by atoms with Crippen LogP contribution < -0.4 is 4.18 Å². The Hall–Kier alpha value is -1.45. The van der Waals surface area contributed by atoms with Gasteiger partial charge in [-0.05, 0) is 36.5 Å². The Labute approximate surface area is 147 Å². The van der Waals surface area contributed by atoms with Gasteiger partial charge in [0.25, 0.3) is 0 Å². The summed E-state index contributed by atoms with van der Waals surface area (Å²) in [4.78, 5) is 0. The third-order valence-electron chi connectivity index (χ3n) is 4.39. The van der Waals surface area contributed by atoms with E-state index in [4.69, 9.17) is 0 Å². The van der Waals surface area contributed by atoms with Crippen LogP contribution in [0.15, 0.2) is 24.3 Å². The van der Waals surface area contributed by atoms with Gasteiger partial charge in [-0.2, -0.15) is 34.8 Å². The van der Waals surface area contributed by atoms with Crippen molar-refractivity contribution in [3.8, 4) is 5.75 Å². The van der Waals surface area contributed by atoms with Crippen molar-refractivity contribution in [3.05, 3.63) is 29.8 Å². The average molecular weight is 404 g/mol. The van der Waals surface area contributed by atoms with Crippen molar-refractivity contribution >= 4 is 10.1 Å². The summed E-state index contributed by atoms with van der Waals surface area (Å²) in [6, 6.07) is 4.98. The first-order valence-electron chi connectivity index (χ1n) is 7.97. The molecule has 2 rings (SSSR count). The predicted molar refractivity (Wildman–Crippen MR) is 82.3 cm³/mol. The molecule has 0 unspecified atom stereocenters. The van der Waals surface area contributed by atoms with Crippen molar-refractivity contribution in [2.75, 3.05) is 0 Å². The Kier molecular flexibility index (Phi) is 5.56. The Bertz CT molecular complexity index is 719. The lowest BCUT2D eigenvalue weighted by molar-refractivity contribution is -0.272. The number of hydrogen-bond donors (Lipinski definition) is 0. The van der Waals surface area contributed by atoms with Gasteiger partial charge in [-0.25, -0.2) is 0 Å². The van der Waals surface area contributed by atoms with E-state index >= 15 is 0 Å². The number of benzene rings is 1. The Morgan fingerprint density at radius 1 is 0.923 bits per heavy atom. The molecule has 0 saturated heterocycles. The van der Waals surface area contributed by atoms with Gasteiger partial charge in [-0.1, -0.05) is 31.4 Å². The molecule has 26 heavy (non-hydrogen) atoms. The van der Waals surface area contributed by atoms with E-state index < -0.39 is 39.9 Å². The van der Waals surface area contributed by atoms with E-state index in [1.165, 1.54) is 12.1 Å². The van der Waals surface area contributed by atoms with Gasteiger partial charge in [0.1, 0.15) is 5.75 Å². The highest BCUT2D eigenvalue weighted by Gasteiger charge is 2.76. The molecular formula is C16H18F6O3S. The van der Waals surface area contributed by atoms with Crippen molar-refractivity contribution in [2.24, 2.45) is 0 Å². The van der Waals surface area contributed by atoms with Gasteiger partial charge >= 0.3 is 27.2 Å². The van der Waals surface area contributed by atoms with Crippen molar-refractivity contribution < 1.29 is 38.9 Å². The monoisotopic (exact) mass is 404 g/mol. The van der Waals surface area contributed by atoms with Gasteiger partial charge in [0.15, 0.2) is 0 Å². The largest absolute Gasteiger partial charge is 0.449 e. The smallest absolute Gasteiger partial charge is 0.378 e. The van der Waals surface area contributed by atoms with Crippen molar-refractivity contribution in [2.45, 2.75) is 62.0 Å². The molecule has 0 aliphatic heterocycles. The van der Waals surface area contributed by atoms with Crippen LogP contribution in [0.25, 0.3) is 0 Å². The Morgan fingerprint density at radius 2 is 1.42 bits per heavy atom. The molecule has 1 aliphatic carbocycles. The fraction of sp³-hybridized carbons (Fsp3) is 0.625. The highest BCUT2D eigenvalue weighted by molar-refractivity contribution is 7.88. The highest BCUT2D eigenvalue weighted by Crippen LogP contribution is 2.48. The molecule has 1 aromatic rings. The molecule has 0 spiro atoms. The minimum Gasteiger partial charge on any atom is -0.378 e. The van der Waals surface area contributed by atoms with E-state index in [0.717, 1.165) is 49.8 Å². The SMILES string of the molecule is CC(F)(F)C(F)(F)C(F)(F)S(=O)(=O)Oc1ccc(C2CCCCC2)cc1. The minimum absolute atomic E-state index is 0.235. The van der Waals surface area contributed by atoms with Crippen LogP contribution in [0.3, 0.4) is 0 Å². The average Bonchev–Trinajstić information content (AvgIpc) is 2.54. The molecule has 0 amide bonds. The van der Waals surface area contributed by atoms with Gasteiger partial charge in [-0.3, -0.25) is 0 Å². The second-order valence-corrected chi connectivity index (χ2v) is 8.01. The fourth-order valence-electron chi connectivity index (χ4n) is 2.82. The summed E-state index contributed by atoms with van der Waals surface area (Å²) in [5.74, 6) is -11.8. The number of alkyl halides is 6. The van der Waals surface area contributed by atoms with E-state index in [9.17, 15) is 34.8 Å². The predicted octanol–water partition coefficient (Wildman–Crippen LogP) is 5.33. The van der Waals surface area contributed by atoms with E-state index in [0.29, 0.717) is 0 Å². The minimum atomic E-state index is -6.35. The Morgan fingerprint density at radius 3 is 1.88 bits per heavy atom. The molecule has 1 aliphatic rings. The normalized spacial score (nSPS) is 18.0. The zero-order valence-electron chi connectivity index (χ0n) is 13.8. The third kappa shape index (κ3) is 3.79. The molecule has 0 aromatic heterocycles. The maximum Gasteiger partial charge on any atom is 0.449 e. The molecule has 0 radical (unpaired) electrons. The van der Waals surface area contributed by atoms with Crippen molar-refractivity contribution in [3.63, 3.8) is 0 Å². The first kappa shape index (κ1) is 20.9. The second kappa shape index (κ2) is 6.94. The molecule has 148 valence electrons. The van der Waals surface area contributed by atoms with E-state index in [1.54, 1.807) is 0 Å². The second-order valence-electron chi connectivity index (χ2n) is 6.42. The van der Waals surface area contributed by atoms with Crippen LogP contribution in [0.1, 0.15) is 50.5 Å². The van der Waals surface area contributed by atoms with Crippen LogP contribution in [0.2, 0.25) is 0 Å². The van der Waals surface area contributed by atoms with E-state index in [1.807, 2.05) is 0 Å². The quantitative estimate of drug-likeness (QED) is 0.476. The molecule has 1 saturated carbocycles. The van der Waals surface area contributed by atoms with E-state index in [2.05, 4.69) is 4.18 Å². The van der Waals surface area contributed by atoms with Crippen molar-refractivity contribution in [1.29, 1.82) is 0 Å². The number of hydrogen-bond acceptors (Lipinski definition) is 3. The summed E-state index contributed by atoms with van der Waals surface area (Å²) in [7, 11) is -6.35. The standard InChI is InChI=1S/C16H18F6O3S/c1-14(17,18)15(19,20)16(21,22)26(23,24)25-13-9-7-12(8-10-13)11-5-3-2-4-6-11/h7-11H,2-6H2,1H3. The highest BCUT2D eigenvalue weighted by atomic mass is 32.2. The topological polar surface area (TPSA) is 43.4 Å². The van der Waals surface area contributed by atoms with Gasteiger partial charge in [0.05, 0.1) is 0 Å². The molecule has 0 N–H and O–H groups in total. The zero-order valence-corrected chi connectivity index (χ0v) is 14.6. The Balaban J connectivity index is 2.20. The lowest BCUT2D eigenvalue weighted by atomic mass is 9.84. The van der Waals surface area contributed by atoms with Gasteiger partial charge in [-0.15, -0.1) is 0 Å². The van der Waals surface area contributed by atoms with Crippen LogP contribution in [0.5, 0.6) is 5.75 Å². The molecule has 10 heteroatoms. The fourth-order valence-corrected chi connectivity index (χ4v) is 3.79.